The number of nitrogens with zero attached hydrogens (tertiary/aromatic N) is 2. The highest BCUT2D eigenvalue weighted by atomic mass is 15.3. The van der Waals surface area contributed by atoms with Crippen molar-refractivity contribution in [1.82, 2.24) is 15.1 Å². The lowest BCUT2D eigenvalue weighted by Gasteiger charge is -2.45. The highest BCUT2D eigenvalue weighted by Crippen LogP contribution is 2.16. The van der Waals surface area contributed by atoms with Crippen molar-refractivity contribution in [3.8, 4) is 0 Å². The van der Waals surface area contributed by atoms with Crippen molar-refractivity contribution in [2.24, 2.45) is 0 Å². The molecule has 3 unspecified atom stereocenters. The molecule has 0 radical (unpaired) electrons. The largest absolute Gasteiger partial charge is 0.314 e. The van der Waals surface area contributed by atoms with Crippen LogP contribution in [0.1, 0.15) is 41.0 Å². The monoisotopic (exact) mass is 241 g/mol. The summed E-state index contributed by atoms with van der Waals surface area (Å²) >= 11 is 0. The second-order valence-electron chi connectivity index (χ2n) is 6.06. The summed E-state index contributed by atoms with van der Waals surface area (Å²) in [6.07, 6.45) is 1.25. The molecule has 0 aliphatic carbocycles. The van der Waals surface area contributed by atoms with Gasteiger partial charge in [-0.3, -0.25) is 9.80 Å². The molecular weight excluding hydrogens is 210 g/mol. The maximum Gasteiger partial charge on any atom is 0.0195 e. The Bertz CT molecular complexity index is 206. The predicted octanol–water partition coefficient (Wildman–Crippen LogP) is 1.79. The molecule has 1 fully saturated rings. The van der Waals surface area contributed by atoms with Crippen LogP contribution < -0.4 is 5.32 Å². The van der Waals surface area contributed by atoms with Gasteiger partial charge in [-0.2, -0.15) is 0 Å². The van der Waals surface area contributed by atoms with Crippen LogP contribution >= 0.6 is 0 Å². The fraction of sp³-hybridized carbons (Fsp3) is 1.00. The lowest BCUT2D eigenvalue weighted by Crippen LogP contribution is -2.57. The second-order valence-corrected chi connectivity index (χ2v) is 6.06. The van der Waals surface area contributed by atoms with Crippen molar-refractivity contribution in [2.75, 3.05) is 26.7 Å². The molecule has 1 N–H and O–H groups in total. The predicted molar refractivity (Wildman–Crippen MR) is 75.5 cm³/mol. The SMILES string of the molecule is CC(C)NCCC(C)N1CC(C)N(C)C(C)C1. The first kappa shape index (κ1) is 14.9. The van der Waals surface area contributed by atoms with E-state index >= 15 is 0 Å². The molecule has 0 amide bonds. The average Bonchev–Trinajstić information content (AvgIpc) is 2.24. The molecule has 1 rings (SSSR count). The zero-order valence-electron chi connectivity index (χ0n) is 12.5. The minimum absolute atomic E-state index is 0.604. The maximum atomic E-state index is 3.51. The third kappa shape index (κ3) is 4.57. The van der Waals surface area contributed by atoms with Crippen LogP contribution in [0.4, 0.5) is 0 Å². The van der Waals surface area contributed by atoms with E-state index in [-0.39, 0.29) is 0 Å². The minimum atomic E-state index is 0.604. The summed E-state index contributed by atoms with van der Waals surface area (Å²) in [6.45, 7) is 15.0. The molecule has 0 aromatic carbocycles. The van der Waals surface area contributed by atoms with Gasteiger partial charge in [-0.15, -0.1) is 0 Å². The van der Waals surface area contributed by atoms with Crippen molar-refractivity contribution in [2.45, 2.75) is 65.2 Å². The fourth-order valence-electron chi connectivity index (χ4n) is 2.57. The standard InChI is InChI=1S/C14H31N3/c1-11(2)15-8-7-12(3)17-9-13(4)16(6)14(5)10-17/h11-15H,7-10H2,1-6H3. The van der Waals surface area contributed by atoms with Crippen LogP contribution in [-0.4, -0.2) is 60.6 Å². The second kappa shape index (κ2) is 6.72. The topological polar surface area (TPSA) is 18.5 Å². The molecular formula is C14H31N3. The Morgan fingerprint density at radius 3 is 2.12 bits per heavy atom. The Morgan fingerprint density at radius 2 is 1.65 bits per heavy atom. The summed E-state index contributed by atoms with van der Waals surface area (Å²) in [5.74, 6) is 0. The van der Waals surface area contributed by atoms with Gasteiger partial charge in [0.1, 0.15) is 0 Å². The summed E-state index contributed by atoms with van der Waals surface area (Å²) in [5.41, 5.74) is 0. The molecule has 3 atom stereocenters. The third-order valence-corrected chi connectivity index (χ3v) is 4.13. The smallest absolute Gasteiger partial charge is 0.0195 e. The Balaban J connectivity index is 2.34. The maximum absolute atomic E-state index is 3.51. The van der Waals surface area contributed by atoms with E-state index in [0.717, 1.165) is 6.54 Å². The van der Waals surface area contributed by atoms with E-state index < -0.39 is 0 Å². The Kier molecular flexibility index (Phi) is 5.90. The first-order valence-electron chi connectivity index (χ1n) is 7.11. The van der Waals surface area contributed by atoms with Gasteiger partial charge in [0, 0.05) is 37.3 Å². The molecule has 0 spiro atoms. The van der Waals surface area contributed by atoms with Crippen LogP contribution in [0.25, 0.3) is 0 Å². The molecule has 1 heterocycles. The van der Waals surface area contributed by atoms with E-state index in [1.54, 1.807) is 0 Å². The van der Waals surface area contributed by atoms with Gasteiger partial charge >= 0.3 is 0 Å². The minimum Gasteiger partial charge on any atom is -0.314 e. The van der Waals surface area contributed by atoms with Crippen molar-refractivity contribution >= 4 is 0 Å². The lowest BCUT2D eigenvalue weighted by atomic mass is 10.1. The zero-order valence-corrected chi connectivity index (χ0v) is 12.5. The Labute approximate surface area is 108 Å². The molecule has 0 bridgehead atoms. The molecule has 3 heteroatoms. The van der Waals surface area contributed by atoms with Crippen LogP contribution in [0.2, 0.25) is 0 Å². The van der Waals surface area contributed by atoms with E-state index in [0.29, 0.717) is 24.2 Å². The van der Waals surface area contributed by atoms with Gasteiger partial charge in [0.2, 0.25) is 0 Å². The number of rotatable bonds is 5. The molecule has 0 aromatic rings. The van der Waals surface area contributed by atoms with E-state index in [1.165, 1.54) is 19.5 Å². The van der Waals surface area contributed by atoms with Gasteiger partial charge in [0.15, 0.2) is 0 Å². The first-order valence-corrected chi connectivity index (χ1v) is 7.11. The van der Waals surface area contributed by atoms with Gasteiger partial charge in [0.25, 0.3) is 0 Å². The van der Waals surface area contributed by atoms with E-state index in [1.807, 2.05) is 0 Å². The van der Waals surface area contributed by atoms with Crippen molar-refractivity contribution in [3.05, 3.63) is 0 Å². The van der Waals surface area contributed by atoms with Crippen molar-refractivity contribution in [3.63, 3.8) is 0 Å². The summed E-state index contributed by atoms with van der Waals surface area (Å²) < 4.78 is 0. The first-order chi connectivity index (χ1) is 7.91. The number of hydrogen-bond acceptors (Lipinski definition) is 3. The summed E-state index contributed by atoms with van der Waals surface area (Å²) in [7, 11) is 2.25. The van der Waals surface area contributed by atoms with Crippen LogP contribution in [0.15, 0.2) is 0 Å². The molecule has 0 saturated carbocycles. The molecule has 102 valence electrons. The summed E-state index contributed by atoms with van der Waals surface area (Å²) in [5, 5.41) is 3.51. The number of nitrogens with one attached hydrogen (secondary N) is 1. The fourth-order valence-corrected chi connectivity index (χ4v) is 2.57. The Hall–Kier alpha value is -0.120. The normalized spacial score (nSPS) is 29.8. The van der Waals surface area contributed by atoms with Crippen molar-refractivity contribution in [1.29, 1.82) is 0 Å². The molecule has 17 heavy (non-hydrogen) atoms. The molecule has 0 aromatic heterocycles. The average molecular weight is 241 g/mol. The molecule has 3 nitrogen and oxygen atoms in total. The number of hydrogen-bond donors (Lipinski definition) is 1. The van der Waals surface area contributed by atoms with Crippen LogP contribution in [-0.2, 0) is 0 Å². The Morgan fingerprint density at radius 1 is 1.12 bits per heavy atom. The lowest BCUT2D eigenvalue weighted by molar-refractivity contribution is 0.0359. The third-order valence-electron chi connectivity index (χ3n) is 4.13. The van der Waals surface area contributed by atoms with E-state index in [4.69, 9.17) is 0 Å². The van der Waals surface area contributed by atoms with Gasteiger partial charge in [-0.25, -0.2) is 0 Å². The van der Waals surface area contributed by atoms with E-state index in [2.05, 4.69) is 56.8 Å². The van der Waals surface area contributed by atoms with Gasteiger partial charge in [-0.05, 0) is 40.8 Å². The molecule has 1 saturated heterocycles. The molecule has 1 aliphatic rings. The zero-order chi connectivity index (χ0) is 13.0. The van der Waals surface area contributed by atoms with Crippen LogP contribution in [0.5, 0.6) is 0 Å². The van der Waals surface area contributed by atoms with E-state index in [9.17, 15) is 0 Å². The van der Waals surface area contributed by atoms with Crippen molar-refractivity contribution < 1.29 is 0 Å². The molecule has 1 aliphatic heterocycles. The highest BCUT2D eigenvalue weighted by Gasteiger charge is 2.28. The van der Waals surface area contributed by atoms with Gasteiger partial charge in [0.05, 0.1) is 0 Å². The van der Waals surface area contributed by atoms with Crippen LogP contribution in [0.3, 0.4) is 0 Å². The number of likely N-dealkylation sites (N-methyl/N-ethyl adjacent to an activating group) is 1. The highest BCUT2D eigenvalue weighted by molar-refractivity contribution is 4.85. The van der Waals surface area contributed by atoms with Gasteiger partial charge < -0.3 is 5.32 Å². The van der Waals surface area contributed by atoms with Crippen LogP contribution in [0, 0.1) is 0 Å². The summed E-state index contributed by atoms with van der Waals surface area (Å²) in [6, 6.07) is 2.66. The quantitative estimate of drug-likeness (QED) is 0.792. The summed E-state index contributed by atoms with van der Waals surface area (Å²) in [4.78, 5) is 5.15. The number of piperazine rings is 1. The van der Waals surface area contributed by atoms with Gasteiger partial charge in [-0.1, -0.05) is 13.8 Å².